The largest absolute Gasteiger partial charge is 0.464 e. The Morgan fingerprint density at radius 2 is 1.92 bits per heavy atom. The summed E-state index contributed by atoms with van der Waals surface area (Å²) in [6.07, 6.45) is 0.464. The van der Waals surface area contributed by atoms with Crippen LogP contribution < -0.4 is 0 Å². The highest BCUT2D eigenvalue weighted by Gasteiger charge is 2.15. The van der Waals surface area contributed by atoms with E-state index in [0.29, 0.717) is 6.61 Å². The van der Waals surface area contributed by atoms with E-state index in [1.54, 1.807) is 6.92 Å². The number of hydrogen-bond donors (Lipinski definition) is 0. The van der Waals surface area contributed by atoms with Crippen molar-refractivity contribution < 1.29 is 14.3 Å². The van der Waals surface area contributed by atoms with Crippen LogP contribution >= 0.6 is 0 Å². The molecule has 3 nitrogen and oxygen atoms in total. The van der Waals surface area contributed by atoms with Gasteiger partial charge in [0.25, 0.3) is 0 Å². The first kappa shape index (κ1) is 11.4. The van der Waals surface area contributed by atoms with Crippen LogP contribution in [0.1, 0.15) is 34.1 Å². The summed E-state index contributed by atoms with van der Waals surface area (Å²) in [5.41, 5.74) is 0. The average Bonchev–Trinajstić information content (AvgIpc) is 1.98. The molecule has 0 amide bonds. The first-order valence-electron chi connectivity index (χ1n) is 4.40. The lowest BCUT2D eigenvalue weighted by atomic mass is 10.4. The number of rotatable bonds is 5. The minimum atomic E-state index is -0.448. The zero-order valence-electron chi connectivity index (χ0n) is 8.29. The van der Waals surface area contributed by atoms with Crippen LogP contribution in [0, 0.1) is 0 Å². The molecule has 0 saturated heterocycles. The first-order valence-corrected chi connectivity index (χ1v) is 4.40. The van der Waals surface area contributed by atoms with Crippen LogP contribution in [-0.2, 0) is 14.3 Å². The molecular weight excluding hydrogens is 156 g/mol. The molecule has 0 aliphatic carbocycles. The van der Waals surface area contributed by atoms with E-state index in [-0.39, 0.29) is 12.1 Å². The monoisotopic (exact) mass is 174 g/mol. The minimum Gasteiger partial charge on any atom is -0.464 e. The molecule has 12 heavy (non-hydrogen) atoms. The molecule has 1 unspecified atom stereocenters. The lowest BCUT2D eigenvalue weighted by Gasteiger charge is -2.14. The van der Waals surface area contributed by atoms with Gasteiger partial charge < -0.3 is 9.47 Å². The van der Waals surface area contributed by atoms with Crippen LogP contribution in [0.3, 0.4) is 0 Å². The van der Waals surface area contributed by atoms with Crippen molar-refractivity contribution in [1.82, 2.24) is 0 Å². The molecule has 0 aromatic heterocycles. The summed E-state index contributed by atoms with van der Waals surface area (Å²) < 4.78 is 10.1. The maximum absolute atomic E-state index is 11.1. The summed E-state index contributed by atoms with van der Waals surface area (Å²) in [6.45, 7) is 7.93. The third-order valence-electron chi connectivity index (χ3n) is 1.26. The van der Waals surface area contributed by atoms with Crippen molar-refractivity contribution in [2.45, 2.75) is 46.3 Å². The Kier molecular flexibility index (Phi) is 5.72. The summed E-state index contributed by atoms with van der Waals surface area (Å²) in [7, 11) is 0. The molecule has 0 heterocycles. The van der Waals surface area contributed by atoms with Gasteiger partial charge in [-0.05, 0) is 27.2 Å². The Morgan fingerprint density at radius 1 is 1.33 bits per heavy atom. The Hall–Kier alpha value is -0.570. The molecule has 0 aromatic carbocycles. The zero-order chi connectivity index (χ0) is 9.56. The van der Waals surface area contributed by atoms with Crippen molar-refractivity contribution in [1.29, 1.82) is 0 Å². The summed E-state index contributed by atoms with van der Waals surface area (Å²) in [4.78, 5) is 11.1. The van der Waals surface area contributed by atoms with Gasteiger partial charge in [0, 0.05) is 0 Å². The van der Waals surface area contributed by atoms with Gasteiger partial charge in [0.2, 0.25) is 0 Å². The zero-order valence-corrected chi connectivity index (χ0v) is 8.29. The summed E-state index contributed by atoms with van der Waals surface area (Å²) in [5.74, 6) is -0.273. The Balaban J connectivity index is 3.61. The van der Waals surface area contributed by atoms with Gasteiger partial charge in [0.15, 0.2) is 6.10 Å². The normalized spacial score (nSPS) is 13.1. The molecule has 0 N–H and O–H groups in total. The molecule has 0 aliphatic heterocycles. The van der Waals surface area contributed by atoms with E-state index in [1.807, 2.05) is 20.8 Å². The average molecular weight is 174 g/mol. The number of hydrogen-bond acceptors (Lipinski definition) is 3. The second-order valence-corrected chi connectivity index (χ2v) is 2.99. The van der Waals surface area contributed by atoms with Crippen LogP contribution in [-0.4, -0.2) is 24.8 Å². The van der Waals surface area contributed by atoms with E-state index >= 15 is 0 Å². The fourth-order valence-electron chi connectivity index (χ4n) is 0.784. The van der Waals surface area contributed by atoms with Gasteiger partial charge in [-0.25, -0.2) is 4.79 Å². The topological polar surface area (TPSA) is 35.5 Å². The molecule has 3 heteroatoms. The van der Waals surface area contributed by atoms with Crippen LogP contribution in [0.5, 0.6) is 0 Å². The summed E-state index contributed by atoms with van der Waals surface area (Å²) in [5, 5.41) is 0. The molecule has 0 radical (unpaired) electrons. The molecule has 0 rings (SSSR count). The van der Waals surface area contributed by atoms with E-state index in [2.05, 4.69) is 0 Å². The van der Waals surface area contributed by atoms with Crippen molar-refractivity contribution in [3.8, 4) is 0 Å². The van der Waals surface area contributed by atoms with E-state index in [9.17, 15) is 4.79 Å². The molecule has 0 bridgehead atoms. The third kappa shape index (κ3) is 5.13. The standard InChI is InChI=1S/C9H18O3/c1-5-6-11-9(10)8(4)12-7(2)3/h7-8H,5-6H2,1-4H3. The molecule has 0 fully saturated rings. The van der Waals surface area contributed by atoms with E-state index < -0.39 is 6.10 Å². The van der Waals surface area contributed by atoms with Crippen molar-refractivity contribution in [2.75, 3.05) is 6.61 Å². The van der Waals surface area contributed by atoms with Crippen molar-refractivity contribution >= 4 is 5.97 Å². The Morgan fingerprint density at radius 3 is 2.33 bits per heavy atom. The fourth-order valence-corrected chi connectivity index (χ4v) is 0.784. The third-order valence-corrected chi connectivity index (χ3v) is 1.26. The van der Waals surface area contributed by atoms with Crippen LogP contribution in [0.25, 0.3) is 0 Å². The van der Waals surface area contributed by atoms with Crippen LogP contribution in [0.15, 0.2) is 0 Å². The van der Waals surface area contributed by atoms with Crippen LogP contribution in [0.4, 0.5) is 0 Å². The fraction of sp³-hybridized carbons (Fsp3) is 0.889. The van der Waals surface area contributed by atoms with Crippen molar-refractivity contribution in [3.63, 3.8) is 0 Å². The van der Waals surface area contributed by atoms with Gasteiger partial charge in [0.05, 0.1) is 12.7 Å². The number of carbonyl (C=O) groups is 1. The molecule has 72 valence electrons. The highest BCUT2D eigenvalue weighted by Crippen LogP contribution is 1.99. The molecule has 0 aliphatic rings. The predicted octanol–water partition coefficient (Wildman–Crippen LogP) is 1.75. The molecule has 0 saturated carbocycles. The maximum atomic E-state index is 11.1. The lowest BCUT2D eigenvalue weighted by Crippen LogP contribution is -2.26. The minimum absolute atomic E-state index is 0.0641. The Labute approximate surface area is 74.0 Å². The quantitative estimate of drug-likeness (QED) is 0.596. The molecule has 0 spiro atoms. The number of esters is 1. The highest BCUT2D eigenvalue weighted by atomic mass is 16.6. The van der Waals surface area contributed by atoms with Gasteiger partial charge in [-0.3, -0.25) is 0 Å². The first-order chi connectivity index (χ1) is 5.57. The van der Waals surface area contributed by atoms with Gasteiger partial charge in [0.1, 0.15) is 0 Å². The molecule has 1 atom stereocenters. The lowest BCUT2D eigenvalue weighted by molar-refractivity contribution is -0.158. The van der Waals surface area contributed by atoms with Gasteiger partial charge in [-0.2, -0.15) is 0 Å². The molecule has 0 aromatic rings. The van der Waals surface area contributed by atoms with Gasteiger partial charge in [-0.15, -0.1) is 0 Å². The van der Waals surface area contributed by atoms with Gasteiger partial charge >= 0.3 is 5.97 Å². The number of carbonyl (C=O) groups excluding carboxylic acids is 1. The summed E-state index contributed by atoms with van der Waals surface area (Å²) >= 11 is 0. The van der Waals surface area contributed by atoms with Crippen LogP contribution in [0.2, 0.25) is 0 Å². The van der Waals surface area contributed by atoms with E-state index in [1.165, 1.54) is 0 Å². The summed E-state index contributed by atoms with van der Waals surface area (Å²) in [6, 6.07) is 0. The second-order valence-electron chi connectivity index (χ2n) is 2.99. The highest BCUT2D eigenvalue weighted by molar-refractivity contribution is 5.74. The Bertz CT molecular complexity index is 132. The number of ether oxygens (including phenoxy) is 2. The van der Waals surface area contributed by atoms with Crippen molar-refractivity contribution in [2.24, 2.45) is 0 Å². The van der Waals surface area contributed by atoms with E-state index in [4.69, 9.17) is 9.47 Å². The second kappa shape index (κ2) is 6.00. The van der Waals surface area contributed by atoms with Gasteiger partial charge in [-0.1, -0.05) is 6.92 Å². The smallest absolute Gasteiger partial charge is 0.334 e. The predicted molar refractivity (Wildman–Crippen MR) is 46.9 cm³/mol. The SMILES string of the molecule is CCCOC(=O)C(C)OC(C)C. The van der Waals surface area contributed by atoms with Crippen molar-refractivity contribution in [3.05, 3.63) is 0 Å². The molecular formula is C9H18O3. The van der Waals surface area contributed by atoms with E-state index in [0.717, 1.165) is 6.42 Å². The maximum Gasteiger partial charge on any atom is 0.334 e.